The summed E-state index contributed by atoms with van der Waals surface area (Å²) in [6.07, 6.45) is 12.5. The Balaban J connectivity index is 1.88. The number of halogens is 1. The van der Waals surface area contributed by atoms with Gasteiger partial charge in [-0.25, -0.2) is 0 Å². The zero-order chi connectivity index (χ0) is 13.0. The van der Waals surface area contributed by atoms with Crippen LogP contribution >= 0.6 is 15.9 Å². The van der Waals surface area contributed by atoms with Crippen LogP contribution in [-0.2, 0) is 4.74 Å². The van der Waals surface area contributed by atoms with Crippen molar-refractivity contribution in [1.82, 2.24) is 0 Å². The highest BCUT2D eigenvalue weighted by atomic mass is 79.9. The molecule has 18 heavy (non-hydrogen) atoms. The highest BCUT2D eigenvalue weighted by Gasteiger charge is 2.37. The molecule has 2 saturated carbocycles. The molecule has 2 rings (SSSR count). The Morgan fingerprint density at radius 3 is 2.44 bits per heavy atom. The summed E-state index contributed by atoms with van der Waals surface area (Å²) in [4.78, 5) is 0. The van der Waals surface area contributed by atoms with Crippen LogP contribution in [0.15, 0.2) is 0 Å². The fourth-order valence-corrected chi connectivity index (χ4v) is 4.43. The fourth-order valence-electron chi connectivity index (χ4n) is 3.73. The first-order chi connectivity index (χ1) is 8.67. The second-order valence-electron chi connectivity index (χ2n) is 6.68. The maximum atomic E-state index is 6.59. The summed E-state index contributed by atoms with van der Waals surface area (Å²) in [5.41, 5.74) is 0.160. The second kappa shape index (κ2) is 6.74. The van der Waals surface area contributed by atoms with E-state index in [4.69, 9.17) is 4.74 Å². The van der Waals surface area contributed by atoms with E-state index in [1.807, 2.05) is 0 Å². The van der Waals surface area contributed by atoms with E-state index in [1.54, 1.807) is 0 Å². The van der Waals surface area contributed by atoms with Crippen molar-refractivity contribution in [3.8, 4) is 0 Å². The molecule has 0 heterocycles. The highest BCUT2D eigenvalue weighted by Crippen LogP contribution is 2.40. The first-order valence-electron chi connectivity index (χ1n) is 7.91. The predicted molar refractivity (Wildman–Crippen MR) is 81.3 cm³/mol. The van der Waals surface area contributed by atoms with Gasteiger partial charge < -0.3 is 4.74 Å². The maximum Gasteiger partial charge on any atom is 0.0782 e. The lowest BCUT2D eigenvalue weighted by atomic mass is 9.78. The molecule has 0 aromatic heterocycles. The number of rotatable bonds is 4. The summed E-state index contributed by atoms with van der Waals surface area (Å²) in [7, 11) is 0. The Kier molecular flexibility index (Phi) is 5.56. The summed E-state index contributed by atoms with van der Waals surface area (Å²) in [5.74, 6) is 1.81. The van der Waals surface area contributed by atoms with E-state index in [-0.39, 0.29) is 5.60 Å². The Morgan fingerprint density at radius 1 is 1.17 bits per heavy atom. The molecule has 0 aromatic carbocycles. The van der Waals surface area contributed by atoms with Gasteiger partial charge >= 0.3 is 0 Å². The van der Waals surface area contributed by atoms with Crippen LogP contribution in [0.5, 0.6) is 0 Å². The van der Waals surface area contributed by atoms with Crippen LogP contribution in [0.2, 0.25) is 0 Å². The quantitative estimate of drug-likeness (QED) is 0.638. The van der Waals surface area contributed by atoms with Crippen molar-refractivity contribution in [2.45, 2.75) is 83.3 Å². The Labute approximate surface area is 121 Å². The van der Waals surface area contributed by atoms with Crippen LogP contribution in [-0.4, -0.2) is 17.0 Å². The molecule has 1 nitrogen and oxygen atoms in total. The molecular formula is C16H29BrO. The highest BCUT2D eigenvalue weighted by molar-refractivity contribution is 9.09. The van der Waals surface area contributed by atoms with Crippen LogP contribution in [0.25, 0.3) is 0 Å². The second-order valence-corrected chi connectivity index (χ2v) is 7.24. The van der Waals surface area contributed by atoms with E-state index in [2.05, 4.69) is 29.8 Å². The molecule has 2 fully saturated rings. The van der Waals surface area contributed by atoms with Crippen molar-refractivity contribution in [3.63, 3.8) is 0 Å². The van der Waals surface area contributed by atoms with Crippen molar-refractivity contribution in [2.75, 3.05) is 5.33 Å². The van der Waals surface area contributed by atoms with Crippen LogP contribution in [0.3, 0.4) is 0 Å². The average Bonchev–Trinajstić information content (AvgIpc) is 2.39. The smallest absolute Gasteiger partial charge is 0.0782 e. The minimum absolute atomic E-state index is 0.160. The van der Waals surface area contributed by atoms with E-state index in [0.29, 0.717) is 6.10 Å². The predicted octanol–water partition coefficient (Wildman–Crippen LogP) is 5.32. The van der Waals surface area contributed by atoms with Crippen molar-refractivity contribution < 1.29 is 4.74 Å². The van der Waals surface area contributed by atoms with E-state index < -0.39 is 0 Å². The van der Waals surface area contributed by atoms with Crippen LogP contribution in [0.4, 0.5) is 0 Å². The molecular weight excluding hydrogens is 288 g/mol. The van der Waals surface area contributed by atoms with E-state index >= 15 is 0 Å². The minimum Gasteiger partial charge on any atom is -0.371 e. The topological polar surface area (TPSA) is 9.23 Å². The molecule has 0 bridgehead atoms. The largest absolute Gasteiger partial charge is 0.371 e. The van der Waals surface area contributed by atoms with Crippen molar-refractivity contribution in [2.24, 2.45) is 11.8 Å². The molecule has 2 heteroatoms. The third kappa shape index (κ3) is 3.72. The monoisotopic (exact) mass is 316 g/mol. The van der Waals surface area contributed by atoms with Gasteiger partial charge in [-0.2, -0.15) is 0 Å². The molecule has 0 N–H and O–H groups in total. The number of hydrogen-bond donors (Lipinski definition) is 0. The Morgan fingerprint density at radius 2 is 1.89 bits per heavy atom. The summed E-state index contributed by atoms with van der Waals surface area (Å²) in [6, 6.07) is 0. The minimum atomic E-state index is 0.160. The first kappa shape index (κ1) is 14.8. The van der Waals surface area contributed by atoms with Gasteiger partial charge in [0.1, 0.15) is 0 Å². The first-order valence-corrected chi connectivity index (χ1v) is 9.03. The zero-order valence-corrected chi connectivity index (χ0v) is 13.7. The standard InChI is InChI=1S/C16H29BrO/c1-3-14-7-9-16(12-17,10-8-14)18-15-6-4-5-13(2)11-15/h13-15H,3-12H2,1-2H3. The van der Waals surface area contributed by atoms with Gasteiger partial charge in [-0.3, -0.25) is 0 Å². The normalized spacial score (nSPS) is 41.8. The third-order valence-electron chi connectivity index (χ3n) is 5.14. The van der Waals surface area contributed by atoms with Gasteiger partial charge in [0.2, 0.25) is 0 Å². The third-order valence-corrected chi connectivity index (χ3v) is 6.16. The van der Waals surface area contributed by atoms with Gasteiger partial charge in [-0.1, -0.05) is 49.0 Å². The van der Waals surface area contributed by atoms with E-state index in [0.717, 1.165) is 17.2 Å². The molecule has 2 unspecified atom stereocenters. The van der Waals surface area contributed by atoms with Gasteiger partial charge in [-0.15, -0.1) is 0 Å². The molecule has 0 amide bonds. The molecule has 0 saturated heterocycles. The lowest BCUT2D eigenvalue weighted by Crippen LogP contribution is -2.43. The molecule has 0 aliphatic heterocycles. The number of alkyl halides is 1. The van der Waals surface area contributed by atoms with Gasteiger partial charge in [0, 0.05) is 5.33 Å². The molecule has 106 valence electrons. The molecule has 0 spiro atoms. The SMILES string of the molecule is CCC1CCC(CBr)(OC2CCCC(C)C2)CC1. The van der Waals surface area contributed by atoms with Crippen LogP contribution in [0.1, 0.15) is 71.6 Å². The van der Waals surface area contributed by atoms with Crippen LogP contribution in [0, 0.1) is 11.8 Å². The average molecular weight is 317 g/mol. The summed E-state index contributed by atoms with van der Waals surface area (Å²) in [6.45, 7) is 4.71. The summed E-state index contributed by atoms with van der Waals surface area (Å²) in [5, 5.41) is 1.03. The maximum absolute atomic E-state index is 6.59. The number of ether oxygens (including phenoxy) is 1. The molecule has 2 aliphatic carbocycles. The van der Waals surface area contributed by atoms with Crippen molar-refractivity contribution in [1.29, 1.82) is 0 Å². The fraction of sp³-hybridized carbons (Fsp3) is 1.00. The molecule has 0 radical (unpaired) electrons. The van der Waals surface area contributed by atoms with Crippen molar-refractivity contribution in [3.05, 3.63) is 0 Å². The lowest BCUT2D eigenvalue weighted by molar-refractivity contribution is -0.119. The van der Waals surface area contributed by atoms with Gasteiger partial charge in [-0.05, 0) is 50.4 Å². The van der Waals surface area contributed by atoms with Crippen molar-refractivity contribution >= 4 is 15.9 Å². The van der Waals surface area contributed by atoms with Gasteiger partial charge in [0.15, 0.2) is 0 Å². The van der Waals surface area contributed by atoms with Crippen LogP contribution < -0.4 is 0 Å². The van der Waals surface area contributed by atoms with Gasteiger partial charge in [0.25, 0.3) is 0 Å². The summed E-state index contributed by atoms with van der Waals surface area (Å²) >= 11 is 3.73. The molecule has 2 atom stereocenters. The molecule has 2 aliphatic rings. The van der Waals surface area contributed by atoms with E-state index in [9.17, 15) is 0 Å². The Bertz CT molecular complexity index is 245. The van der Waals surface area contributed by atoms with Gasteiger partial charge in [0.05, 0.1) is 11.7 Å². The van der Waals surface area contributed by atoms with E-state index in [1.165, 1.54) is 57.8 Å². The zero-order valence-electron chi connectivity index (χ0n) is 12.1. The molecule has 0 aromatic rings. The Hall–Kier alpha value is 0.440. The summed E-state index contributed by atoms with van der Waals surface area (Å²) < 4.78 is 6.59. The lowest BCUT2D eigenvalue weighted by Gasteiger charge is -2.42. The number of hydrogen-bond acceptors (Lipinski definition) is 1.